The minimum absolute atomic E-state index is 0.486. The summed E-state index contributed by atoms with van der Waals surface area (Å²) in [6, 6.07) is 11.6. The van der Waals surface area contributed by atoms with Gasteiger partial charge in [0.2, 0.25) is 0 Å². The zero-order valence-electron chi connectivity index (χ0n) is 12.7. The number of hydrogen-bond acceptors (Lipinski definition) is 6. The Labute approximate surface area is 143 Å². The van der Waals surface area contributed by atoms with Crippen LogP contribution in [0, 0.1) is 0 Å². The highest BCUT2D eigenvalue weighted by molar-refractivity contribution is 7.20. The van der Waals surface area contributed by atoms with Crippen LogP contribution in [0.15, 0.2) is 48.0 Å². The van der Waals surface area contributed by atoms with E-state index in [-0.39, 0.29) is 0 Å². The van der Waals surface area contributed by atoms with Gasteiger partial charge in [0.05, 0.1) is 18.1 Å². The van der Waals surface area contributed by atoms with Crippen molar-refractivity contribution in [3.63, 3.8) is 0 Å². The van der Waals surface area contributed by atoms with Gasteiger partial charge >= 0.3 is 0 Å². The molecule has 1 unspecified atom stereocenters. The molecular formula is C17H18N2O2S2. The Balaban J connectivity index is 1.53. The largest absolute Gasteiger partial charge is 0.497 e. The van der Waals surface area contributed by atoms with Crippen LogP contribution in [-0.2, 0) is 6.54 Å². The Morgan fingerprint density at radius 2 is 2.22 bits per heavy atom. The lowest BCUT2D eigenvalue weighted by Crippen LogP contribution is -2.20. The van der Waals surface area contributed by atoms with Crippen LogP contribution >= 0.6 is 22.7 Å². The van der Waals surface area contributed by atoms with Crippen LogP contribution in [0.4, 0.5) is 0 Å². The lowest BCUT2D eigenvalue weighted by atomic mass is 10.1. The zero-order chi connectivity index (χ0) is 16.1. The molecule has 120 valence electrons. The normalized spacial score (nSPS) is 12.3. The van der Waals surface area contributed by atoms with Crippen molar-refractivity contribution in [1.82, 2.24) is 10.3 Å². The maximum atomic E-state index is 10.2. The second-order valence-corrected chi connectivity index (χ2v) is 7.10. The third-order valence-corrected chi connectivity index (χ3v) is 5.44. The highest BCUT2D eigenvalue weighted by Gasteiger charge is 2.09. The monoisotopic (exact) mass is 346 g/mol. The van der Waals surface area contributed by atoms with Crippen LogP contribution in [0.3, 0.4) is 0 Å². The van der Waals surface area contributed by atoms with E-state index in [2.05, 4.69) is 21.7 Å². The smallest absolute Gasteiger partial charge is 0.133 e. The van der Waals surface area contributed by atoms with E-state index in [0.717, 1.165) is 21.2 Å². The molecule has 0 aliphatic heterocycles. The van der Waals surface area contributed by atoms with Crippen LogP contribution in [0.25, 0.3) is 9.88 Å². The molecule has 3 aromatic rings. The van der Waals surface area contributed by atoms with Gasteiger partial charge in [0.25, 0.3) is 0 Å². The quantitative estimate of drug-likeness (QED) is 0.685. The van der Waals surface area contributed by atoms with Crippen LogP contribution in [0.1, 0.15) is 16.5 Å². The van der Waals surface area contributed by atoms with Crippen LogP contribution in [-0.4, -0.2) is 23.7 Å². The molecule has 4 nitrogen and oxygen atoms in total. The molecule has 2 N–H and O–H groups in total. The molecule has 0 radical (unpaired) electrons. The standard InChI is InChI=1S/C17H18N2O2S2/c1-21-13-5-2-4-12(8-13)15(20)11-18-9-14-10-19-17(23-14)16-6-3-7-22-16/h2-8,10,15,18,20H,9,11H2,1H3. The number of benzene rings is 1. The Bertz CT molecular complexity index is 741. The number of nitrogens with zero attached hydrogens (tertiary/aromatic N) is 1. The van der Waals surface area contributed by atoms with Gasteiger partial charge in [0, 0.05) is 24.2 Å². The van der Waals surface area contributed by atoms with Gasteiger partial charge in [-0.05, 0) is 29.1 Å². The Morgan fingerprint density at radius 3 is 3.00 bits per heavy atom. The minimum atomic E-state index is -0.560. The van der Waals surface area contributed by atoms with Crippen molar-refractivity contribution in [2.24, 2.45) is 0 Å². The molecule has 0 aliphatic carbocycles. The van der Waals surface area contributed by atoms with Crippen molar-refractivity contribution < 1.29 is 9.84 Å². The molecule has 0 bridgehead atoms. The molecule has 6 heteroatoms. The van der Waals surface area contributed by atoms with Gasteiger partial charge in [-0.1, -0.05) is 18.2 Å². The first-order chi connectivity index (χ1) is 11.3. The highest BCUT2D eigenvalue weighted by atomic mass is 32.1. The molecule has 3 rings (SSSR count). The fraction of sp³-hybridized carbons (Fsp3) is 0.235. The molecule has 23 heavy (non-hydrogen) atoms. The Morgan fingerprint density at radius 1 is 1.30 bits per heavy atom. The summed E-state index contributed by atoms with van der Waals surface area (Å²) in [5.41, 5.74) is 0.848. The van der Waals surface area contributed by atoms with Gasteiger partial charge in [0.1, 0.15) is 10.8 Å². The van der Waals surface area contributed by atoms with Crippen LogP contribution in [0.2, 0.25) is 0 Å². The minimum Gasteiger partial charge on any atom is -0.497 e. The summed E-state index contributed by atoms with van der Waals surface area (Å²) in [5, 5.41) is 16.6. The average Bonchev–Trinajstić information content (AvgIpc) is 3.26. The summed E-state index contributed by atoms with van der Waals surface area (Å²) >= 11 is 3.37. The second kappa shape index (κ2) is 7.70. The number of aromatic nitrogens is 1. The maximum absolute atomic E-state index is 10.2. The lowest BCUT2D eigenvalue weighted by molar-refractivity contribution is 0.174. The number of aliphatic hydroxyl groups excluding tert-OH is 1. The first kappa shape index (κ1) is 16.1. The number of thiazole rings is 1. The first-order valence-electron chi connectivity index (χ1n) is 7.27. The summed E-state index contributed by atoms with van der Waals surface area (Å²) in [5.74, 6) is 0.754. The fourth-order valence-electron chi connectivity index (χ4n) is 2.20. The van der Waals surface area contributed by atoms with E-state index < -0.39 is 6.10 Å². The molecule has 0 spiro atoms. The zero-order valence-corrected chi connectivity index (χ0v) is 14.4. The molecule has 2 aromatic heterocycles. The molecule has 2 heterocycles. The summed E-state index contributed by atoms with van der Waals surface area (Å²) in [4.78, 5) is 6.80. The number of ether oxygens (including phenoxy) is 1. The molecule has 0 aliphatic rings. The van der Waals surface area contributed by atoms with E-state index in [1.54, 1.807) is 29.8 Å². The number of aliphatic hydroxyl groups is 1. The van der Waals surface area contributed by atoms with Crippen molar-refractivity contribution >= 4 is 22.7 Å². The maximum Gasteiger partial charge on any atom is 0.133 e. The SMILES string of the molecule is COc1cccc(C(O)CNCc2cnc(-c3cccs3)s2)c1. The van der Waals surface area contributed by atoms with Crippen LogP contribution < -0.4 is 10.1 Å². The van der Waals surface area contributed by atoms with Crippen molar-refractivity contribution in [3.05, 3.63) is 58.4 Å². The number of hydrogen-bond donors (Lipinski definition) is 2. The number of nitrogens with one attached hydrogen (secondary N) is 1. The third kappa shape index (κ3) is 4.17. The molecule has 0 saturated carbocycles. The summed E-state index contributed by atoms with van der Waals surface area (Å²) < 4.78 is 5.18. The van der Waals surface area contributed by atoms with Gasteiger partial charge in [0.15, 0.2) is 0 Å². The van der Waals surface area contributed by atoms with Crippen molar-refractivity contribution in [1.29, 1.82) is 0 Å². The Hall–Kier alpha value is -1.73. The lowest BCUT2D eigenvalue weighted by Gasteiger charge is -2.12. The molecule has 0 fully saturated rings. The number of thiophene rings is 1. The van der Waals surface area contributed by atoms with Crippen molar-refractivity contribution in [3.8, 4) is 15.6 Å². The molecule has 0 amide bonds. The van der Waals surface area contributed by atoms with E-state index in [1.165, 1.54) is 4.88 Å². The van der Waals surface area contributed by atoms with Crippen molar-refractivity contribution in [2.75, 3.05) is 13.7 Å². The van der Waals surface area contributed by atoms with Gasteiger partial charge in [-0.3, -0.25) is 0 Å². The van der Waals surface area contributed by atoms with E-state index in [4.69, 9.17) is 4.74 Å². The molecular weight excluding hydrogens is 328 g/mol. The predicted octanol–water partition coefficient (Wildman–Crippen LogP) is 3.70. The number of rotatable bonds is 7. The van der Waals surface area contributed by atoms with Crippen LogP contribution in [0.5, 0.6) is 5.75 Å². The van der Waals surface area contributed by atoms with E-state index in [1.807, 2.05) is 36.5 Å². The second-order valence-electron chi connectivity index (χ2n) is 5.03. The van der Waals surface area contributed by atoms with E-state index >= 15 is 0 Å². The topological polar surface area (TPSA) is 54.4 Å². The summed E-state index contributed by atoms with van der Waals surface area (Å²) in [6.45, 7) is 1.18. The fourth-order valence-corrected chi connectivity index (χ4v) is 3.89. The average molecular weight is 346 g/mol. The molecule has 1 atom stereocenters. The van der Waals surface area contributed by atoms with Gasteiger partial charge in [-0.15, -0.1) is 22.7 Å². The number of methoxy groups -OCH3 is 1. The molecule has 1 aromatic carbocycles. The van der Waals surface area contributed by atoms with Crippen molar-refractivity contribution in [2.45, 2.75) is 12.6 Å². The van der Waals surface area contributed by atoms with Gasteiger partial charge in [-0.2, -0.15) is 0 Å². The molecule has 0 saturated heterocycles. The third-order valence-electron chi connectivity index (χ3n) is 3.40. The first-order valence-corrected chi connectivity index (χ1v) is 8.97. The van der Waals surface area contributed by atoms with E-state index in [9.17, 15) is 5.11 Å². The highest BCUT2D eigenvalue weighted by Crippen LogP contribution is 2.28. The Kier molecular flexibility index (Phi) is 5.40. The van der Waals surface area contributed by atoms with E-state index in [0.29, 0.717) is 13.1 Å². The summed E-state index contributed by atoms with van der Waals surface area (Å²) in [7, 11) is 1.62. The predicted molar refractivity (Wildman–Crippen MR) is 95.1 cm³/mol. The van der Waals surface area contributed by atoms with Gasteiger partial charge in [-0.25, -0.2) is 4.98 Å². The summed E-state index contributed by atoms with van der Waals surface area (Å²) in [6.07, 6.45) is 1.33. The van der Waals surface area contributed by atoms with Gasteiger partial charge < -0.3 is 15.2 Å².